The predicted molar refractivity (Wildman–Crippen MR) is 115 cm³/mol. The van der Waals surface area contributed by atoms with Gasteiger partial charge in [0.1, 0.15) is 18.1 Å². The van der Waals surface area contributed by atoms with Gasteiger partial charge in [0.15, 0.2) is 0 Å². The zero-order valence-corrected chi connectivity index (χ0v) is 16.7. The fraction of sp³-hybridized carbons (Fsp3) is 0.130. The average molecular weight is 409 g/mol. The number of ether oxygens (including phenoxy) is 2. The van der Waals surface area contributed by atoms with Gasteiger partial charge >= 0.3 is 0 Å². The molecule has 0 atom stereocenters. The summed E-state index contributed by atoms with van der Waals surface area (Å²) in [7, 11) is 0. The molecule has 0 aromatic heterocycles. The lowest BCUT2D eigenvalue weighted by molar-refractivity contribution is 0.0955. The quantitative estimate of drug-likeness (QED) is 0.417. The highest BCUT2D eigenvalue weighted by molar-refractivity contribution is 6.30. The highest BCUT2D eigenvalue weighted by Gasteiger charge is 2.04. The van der Waals surface area contributed by atoms with E-state index in [4.69, 9.17) is 21.1 Å². The summed E-state index contributed by atoms with van der Waals surface area (Å²) in [6, 6.07) is 21.8. The maximum absolute atomic E-state index is 12.2. The first kappa shape index (κ1) is 20.4. The molecule has 0 unspecified atom stereocenters. The van der Waals surface area contributed by atoms with Crippen molar-refractivity contribution >= 4 is 23.7 Å². The molecular weight excluding hydrogens is 388 g/mol. The maximum Gasteiger partial charge on any atom is 0.271 e. The highest BCUT2D eigenvalue weighted by Crippen LogP contribution is 2.18. The summed E-state index contributed by atoms with van der Waals surface area (Å²) in [5.41, 5.74) is 4.83. The van der Waals surface area contributed by atoms with Gasteiger partial charge in [-0.2, -0.15) is 5.10 Å². The lowest BCUT2D eigenvalue weighted by atomic mass is 10.1. The number of carbonyl (C=O) groups is 1. The molecule has 0 saturated carbocycles. The van der Waals surface area contributed by atoms with E-state index in [9.17, 15) is 4.79 Å². The van der Waals surface area contributed by atoms with Gasteiger partial charge in [-0.25, -0.2) is 5.43 Å². The molecule has 148 valence electrons. The van der Waals surface area contributed by atoms with E-state index in [1.807, 2.05) is 55.5 Å². The molecule has 0 aliphatic heterocycles. The van der Waals surface area contributed by atoms with Crippen LogP contribution in [0.4, 0.5) is 0 Å². The summed E-state index contributed by atoms with van der Waals surface area (Å²) in [5.74, 6) is 1.29. The van der Waals surface area contributed by atoms with Crippen molar-refractivity contribution in [1.29, 1.82) is 0 Å². The van der Waals surface area contributed by atoms with E-state index in [2.05, 4.69) is 10.5 Å². The molecule has 1 amide bonds. The monoisotopic (exact) mass is 408 g/mol. The smallest absolute Gasteiger partial charge is 0.271 e. The second-order valence-electron chi connectivity index (χ2n) is 6.14. The number of nitrogens with one attached hydrogen (secondary N) is 1. The Morgan fingerprint density at radius 1 is 0.931 bits per heavy atom. The van der Waals surface area contributed by atoms with Crippen molar-refractivity contribution in [3.8, 4) is 11.5 Å². The van der Waals surface area contributed by atoms with Crippen molar-refractivity contribution in [2.45, 2.75) is 13.5 Å². The molecule has 1 N–H and O–H groups in total. The molecule has 0 bridgehead atoms. The number of halogens is 1. The van der Waals surface area contributed by atoms with Crippen LogP contribution in [0.15, 0.2) is 77.9 Å². The van der Waals surface area contributed by atoms with Gasteiger partial charge in [-0.1, -0.05) is 35.9 Å². The van der Waals surface area contributed by atoms with Gasteiger partial charge in [0, 0.05) is 10.6 Å². The van der Waals surface area contributed by atoms with E-state index in [1.54, 1.807) is 30.5 Å². The second-order valence-corrected chi connectivity index (χ2v) is 6.58. The molecule has 3 aromatic rings. The van der Waals surface area contributed by atoms with Crippen LogP contribution in [0.5, 0.6) is 11.5 Å². The summed E-state index contributed by atoms with van der Waals surface area (Å²) in [6.07, 6.45) is 1.56. The third-order valence-corrected chi connectivity index (χ3v) is 4.26. The largest absolute Gasteiger partial charge is 0.494 e. The highest BCUT2D eigenvalue weighted by atomic mass is 35.5. The van der Waals surface area contributed by atoms with Gasteiger partial charge < -0.3 is 9.47 Å². The van der Waals surface area contributed by atoms with Crippen molar-refractivity contribution < 1.29 is 14.3 Å². The number of rotatable bonds is 8. The SMILES string of the molecule is CCOc1ccc(OCc2ccc(C(=O)N/N=C\c3ccc(Cl)cc3)cc2)cc1. The molecule has 3 aromatic carbocycles. The van der Waals surface area contributed by atoms with Crippen molar-refractivity contribution in [2.75, 3.05) is 6.61 Å². The summed E-state index contributed by atoms with van der Waals surface area (Å²) in [5, 5.41) is 4.61. The van der Waals surface area contributed by atoms with Crippen LogP contribution in [0.2, 0.25) is 5.02 Å². The molecule has 5 nitrogen and oxygen atoms in total. The van der Waals surface area contributed by atoms with Gasteiger partial charge in [0.2, 0.25) is 0 Å². The Labute approximate surface area is 174 Å². The van der Waals surface area contributed by atoms with Crippen LogP contribution in [-0.2, 0) is 6.61 Å². The van der Waals surface area contributed by atoms with Gasteiger partial charge in [0.25, 0.3) is 5.91 Å². The number of nitrogens with zero attached hydrogens (tertiary/aromatic N) is 1. The van der Waals surface area contributed by atoms with Crippen LogP contribution in [0.3, 0.4) is 0 Å². The average Bonchev–Trinajstić information content (AvgIpc) is 2.75. The Bertz CT molecular complexity index is 953. The Morgan fingerprint density at radius 2 is 1.55 bits per heavy atom. The zero-order valence-electron chi connectivity index (χ0n) is 16.0. The lowest BCUT2D eigenvalue weighted by Crippen LogP contribution is -2.17. The summed E-state index contributed by atoms with van der Waals surface area (Å²) < 4.78 is 11.2. The lowest BCUT2D eigenvalue weighted by Gasteiger charge is -2.08. The molecule has 0 saturated heterocycles. The molecule has 29 heavy (non-hydrogen) atoms. The van der Waals surface area contributed by atoms with Gasteiger partial charge in [-0.3, -0.25) is 4.79 Å². The Balaban J connectivity index is 1.49. The molecule has 6 heteroatoms. The molecule has 3 rings (SSSR count). The number of carbonyl (C=O) groups excluding carboxylic acids is 1. The molecule has 0 aliphatic rings. The minimum atomic E-state index is -0.283. The molecule has 0 spiro atoms. The number of hydrogen-bond acceptors (Lipinski definition) is 4. The van der Waals surface area contributed by atoms with E-state index in [-0.39, 0.29) is 5.91 Å². The minimum absolute atomic E-state index is 0.283. The Morgan fingerprint density at radius 3 is 2.17 bits per heavy atom. The predicted octanol–water partition coefficient (Wildman–Crippen LogP) is 5.08. The summed E-state index contributed by atoms with van der Waals surface area (Å²) in [6.45, 7) is 2.98. The Kier molecular flexibility index (Phi) is 7.25. The van der Waals surface area contributed by atoms with E-state index < -0.39 is 0 Å². The second kappa shape index (κ2) is 10.3. The fourth-order valence-electron chi connectivity index (χ4n) is 2.50. The summed E-state index contributed by atoms with van der Waals surface area (Å²) >= 11 is 5.84. The molecule has 0 fully saturated rings. The van der Waals surface area contributed by atoms with Crippen molar-refractivity contribution in [3.63, 3.8) is 0 Å². The van der Waals surface area contributed by atoms with Gasteiger partial charge in [-0.05, 0) is 66.6 Å². The number of hydrazone groups is 1. The number of benzene rings is 3. The normalized spacial score (nSPS) is 10.7. The number of hydrogen-bond donors (Lipinski definition) is 1. The van der Waals surface area contributed by atoms with Crippen LogP contribution in [-0.4, -0.2) is 18.7 Å². The van der Waals surface area contributed by atoms with E-state index in [0.717, 1.165) is 22.6 Å². The third-order valence-electron chi connectivity index (χ3n) is 4.01. The summed E-state index contributed by atoms with van der Waals surface area (Å²) in [4.78, 5) is 12.2. The van der Waals surface area contributed by atoms with Crippen LogP contribution >= 0.6 is 11.6 Å². The van der Waals surface area contributed by atoms with Crippen LogP contribution in [0, 0.1) is 0 Å². The van der Waals surface area contributed by atoms with Crippen molar-refractivity contribution in [1.82, 2.24) is 5.43 Å². The first-order chi connectivity index (χ1) is 14.1. The minimum Gasteiger partial charge on any atom is -0.494 e. The van der Waals surface area contributed by atoms with Crippen LogP contribution < -0.4 is 14.9 Å². The standard InChI is InChI=1S/C23H21ClN2O3/c1-2-28-21-11-13-22(14-12-21)29-16-18-3-7-19(8-4-18)23(27)26-25-15-17-5-9-20(24)10-6-17/h3-15H,2,16H2,1H3,(H,26,27)/b25-15-. The fourth-order valence-corrected chi connectivity index (χ4v) is 2.62. The van der Waals surface area contributed by atoms with E-state index >= 15 is 0 Å². The zero-order chi connectivity index (χ0) is 20.5. The first-order valence-corrected chi connectivity index (χ1v) is 9.55. The van der Waals surface area contributed by atoms with E-state index in [0.29, 0.717) is 23.8 Å². The maximum atomic E-state index is 12.2. The van der Waals surface area contributed by atoms with Crippen molar-refractivity contribution in [2.24, 2.45) is 5.10 Å². The topological polar surface area (TPSA) is 59.9 Å². The Hall–Kier alpha value is -3.31. The third kappa shape index (κ3) is 6.36. The van der Waals surface area contributed by atoms with Crippen LogP contribution in [0.25, 0.3) is 0 Å². The molecule has 0 radical (unpaired) electrons. The molecule has 0 aliphatic carbocycles. The van der Waals surface area contributed by atoms with Gasteiger partial charge in [-0.15, -0.1) is 0 Å². The number of amides is 1. The first-order valence-electron chi connectivity index (χ1n) is 9.17. The molecule has 0 heterocycles. The van der Waals surface area contributed by atoms with Crippen molar-refractivity contribution in [3.05, 3.63) is 94.5 Å². The van der Waals surface area contributed by atoms with Crippen LogP contribution in [0.1, 0.15) is 28.4 Å². The van der Waals surface area contributed by atoms with E-state index in [1.165, 1.54) is 0 Å². The van der Waals surface area contributed by atoms with Gasteiger partial charge in [0.05, 0.1) is 12.8 Å². The molecular formula is C23H21ClN2O3.